The number of aryl methyl sites for hydroxylation is 1. The summed E-state index contributed by atoms with van der Waals surface area (Å²) in [5.41, 5.74) is 3.60. The summed E-state index contributed by atoms with van der Waals surface area (Å²) in [6.45, 7) is 5.50. The Kier molecular flexibility index (Phi) is 5.01. The lowest BCUT2D eigenvalue weighted by atomic mass is 10.1. The summed E-state index contributed by atoms with van der Waals surface area (Å²) >= 11 is 3.42. The molecule has 3 nitrogen and oxygen atoms in total. The van der Waals surface area contributed by atoms with Crippen LogP contribution in [0.1, 0.15) is 11.1 Å². The molecular formula is C19H21BrN2O. The third-order valence-corrected chi connectivity index (χ3v) is 4.80. The number of rotatable bonds is 3. The van der Waals surface area contributed by atoms with Crippen LogP contribution in [0.3, 0.4) is 0 Å². The number of hydrogen-bond acceptors (Lipinski definition) is 2. The van der Waals surface area contributed by atoms with Crippen LogP contribution < -0.4 is 4.90 Å². The first kappa shape index (κ1) is 16.1. The molecule has 0 N–H and O–H groups in total. The van der Waals surface area contributed by atoms with Crippen molar-refractivity contribution in [2.75, 3.05) is 31.1 Å². The van der Waals surface area contributed by atoms with Gasteiger partial charge in [-0.25, -0.2) is 0 Å². The highest BCUT2D eigenvalue weighted by Crippen LogP contribution is 2.18. The molecule has 23 heavy (non-hydrogen) atoms. The van der Waals surface area contributed by atoms with Crippen molar-refractivity contribution in [3.05, 3.63) is 64.1 Å². The van der Waals surface area contributed by atoms with Crippen LogP contribution in [0, 0.1) is 6.92 Å². The number of halogens is 1. The molecule has 2 aromatic carbocycles. The maximum Gasteiger partial charge on any atom is 0.227 e. The average Bonchev–Trinajstić information content (AvgIpc) is 2.57. The fourth-order valence-corrected chi connectivity index (χ4v) is 3.19. The second-order valence-electron chi connectivity index (χ2n) is 6.01. The van der Waals surface area contributed by atoms with E-state index in [1.165, 1.54) is 11.3 Å². The normalized spacial score (nSPS) is 14.9. The second-order valence-corrected chi connectivity index (χ2v) is 6.93. The van der Waals surface area contributed by atoms with Gasteiger partial charge in [0.05, 0.1) is 6.42 Å². The Morgan fingerprint density at radius 3 is 2.39 bits per heavy atom. The molecule has 0 unspecified atom stereocenters. The van der Waals surface area contributed by atoms with E-state index >= 15 is 0 Å². The first-order chi connectivity index (χ1) is 11.1. The summed E-state index contributed by atoms with van der Waals surface area (Å²) in [5.74, 6) is 0.219. The molecule has 0 bridgehead atoms. The van der Waals surface area contributed by atoms with Gasteiger partial charge in [0, 0.05) is 36.3 Å². The van der Waals surface area contributed by atoms with Gasteiger partial charge < -0.3 is 9.80 Å². The van der Waals surface area contributed by atoms with Crippen molar-refractivity contribution in [3.63, 3.8) is 0 Å². The zero-order valence-corrected chi connectivity index (χ0v) is 14.9. The summed E-state index contributed by atoms with van der Waals surface area (Å²) < 4.78 is 1.04. The van der Waals surface area contributed by atoms with Crippen molar-refractivity contribution in [1.29, 1.82) is 0 Å². The van der Waals surface area contributed by atoms with Crippen LogP contribution in [-0.2, 0) is 11.2 Å². The fourth-order valence-electron chi connectivity index (χ4n) is 2.93. The molecular weight excluding hydrogens is 352 g/mol. The molecule has 1 heterocycles. The maximum absolute atomic E-state index is 12.4. The highest BCUT2D eigenvalue weighted by Gasteiger charge is 2.21. The summed E-state index contributed by atoms with van der Waals surface area (Å²) in [6, 6.07) is 16.5. The number of carbonyl (C=O) groups excluding carboxylic acids is 1. The van der Waals surface area contributed by atoms with E-state index in [4.69, 9.17) is 0 Å². The number of hydrogen-bond donors (Lipinski definition) is 0. The van der Waals surface area contributed by atoms with Crippen LogP contribution in [0.4, 0.5) is 5.69 Å². The standard InChI is InChI=1S/C19H21BrN2O/c1-15-3-2-4-18(13-15)21-9-11-22(12-10-21)19(23)14-16-5-7-17(20)8-6-16/h2-8,13H,9-12,14H2,1H3. The molecule has 0 aliphatic carbocycles. The average molecular weight is 373 g/mol. The Hall–Kier alpha value is -1.81. The summed E-state index contributed by atoms with van der Waals surface area (Å²) in [4.78, 5) is 16.8. The van der Waals surface area contributed by atoms with Crippen LogP contribution in [0.15, 0.2) is 53.0 Å². The van der Waals surface area contributed by atoms with Crippen molar-refractivity contribution in [3.8, 4) is 0 Å². The largest absolute Gasteiger partial charge is 0.368 e. The van der Waals surface area contributed by atoms with Gasteiger partial charge in [-0.05, 0) is 42.3 Å². The molecule has 1 saturated heterocycles. The molecule has 0 saturated carbocycles. The van der Waals surface area contributed by atoms with Crippen LogP contribution in [-0.4, -0.2) is 37.0 Å². The van der Waals surface area contributed by atoms with Gasteiger partial charge in [-0.2, -0.15) is 0 Å². The van der Waals surface area contributed by atoms with Crippen molar-refractivity contribution >= 4 is 27.5 Å². The quantitative estimate of drug-likeness (QED) is 0.820. The van der Waals surface area contributed by atoms with E-state index in [1.54, 1.807) is 0 Å². The molecule has 0 spiro atoms. The van der Waals surface area contributed by atoms with E-state index in [9.17, 15) is 4.79 Å². The molecule has 4 heteroatoms. The molecule has 120 valence electrons. The molecule has 0 aromatic heterocycles. The third kappa shape index (κ3) is 4.14. The summed E-state index contributed by atoms with van der Waals surface area (Å²) in [6.07, 6.45) is 0.484. The van der Waals surface area contributed by atoms with Gasteiger partial charge in [0.2, 0.25) is 5.91 Å². The minimum atomic E-state index is 0.219. The number of amides is 1. The first-order valence-electron chi connectivity index (χ1n) is 7.96. The minimum Gasteiger partial charge on any atom is -0.368 e. The van der Waals surface area contributed by atoms with E-state index < -0.39 is 0 Å². The Morgan fingerprint density at radius 1 is 1.04 bits per heavy atom. The van der Waals surface area contributed by atoms with E-state index in [0.29, 0.717) is 6.42 Å². The molecule has 3 rings (SSSR count). The molecule has 1 fully saturated rings. The molecule has 0 radical (unpaired) electrons. The third-order valence-electron chi connectivity index (χ3n) is 4.27. The number of nitrogens with zero attached hydrogens (tertiary/aromatic N) is 2. The van der Waals surface area contributed by atoms with Gasteiger partial charge in [-0.15, -0.1) is 0 Å². The number of anilines is 1. The van der Waals surface area contributed by atoms with E-state index in [0.717, 1.165) is 36.2 Å². The van der Waals surface area contributed by atoms with E-state index in [2.05, 4.69) is 52.0 Å². The topological polar surface area (TPSA) is 23.6 Å². The Labute approximate surface area is 146 Å². The van der Waals surface area contributed by atoms with Crippen molar-refractivity contribution < 1.29 is 4.79 Å². The smallest absolute Gasteiger partial charge is 0.227 e. The van der Waals surface area contributed by atoms with E-state index in [1.807, 2.05) is 29.2 Å². The zero-order chi connectivity index (χ0) is 16.2. The molecule has 1 amide bonds. The van der Waals surface area contributed by atoms with Gasteiger partial charge in [0.1, 0.15) is 0 Å². The summed E-state index contributed by atoms with van der Waals surface area (Å²) in [5, 5.41) is 0. The van der Waals surface area contributed by atoms with Gasteiger partial charge >= 0.3 is 0 Å². The number of piperazine rings is 1. The lowest BCUT2D eigenvalue weighted by Gasteiger charge is -2.36. The Bertz CT molecular complexity index is 676. The molecule has 2 aromatic rings. The lowest BCUT2D eigenvalue weighted by Crippen LogP contribution is -2.49. The predicted octanol–water partition coefficient (Wildman–Crippen LogP) is 3.65. The zero-order valence-electron chi connectivity index (χ0n) is 13.3. The Morgan fingerprint density at radius 2 is 1.74 bits per heavy atom. The van der Waals surface area contributed by atoms with Gasteiger partial charge in [-0.1, -0.05) is 40.2 Å². The highest BCUT2D eigenvalue weighted by atomic mass is 79.9. The summed E-state index contributed by atoms with van der Waals surface area (Å²) in [7, 11) is 0. The van der Waals surface area contributed by atoms with Gasteiger partial charge in [0.25, 0.3) is 0 Å². The number of carbonyl (C=O) groups is 1. The minimum absolute atomic E-state index is 0.219. The molecule has 1 aliphatic heterocycles. The van der Waals surface area contributed by atoms with Gasteiger partial charge in [-0.3, -0.25) is 4.79 Å². The van der Waals surface area contributed by atoms with Crippen LogP contribution >= 0.6 is 15.9 Å². The Balaban J connectivity index is 1.56. The van der Waals surface area contributed by atoms with Crippen LogP contribution in [0.5, 0.6) is 0 Å². The van der Waals surface area contributed by atoms with Crippen LogP contribution in [0.2, 0.25) is 0 Å². The van der Waals surface area contributed by atoms with Crippen molar-refractivity contribution in [1.82, 2.24) is 4.90 Å². The van der Waals surface area contributed by atoms with Gasteiger partial charge in [0.15, 0.2) is 0 Å². The predicted molar refractivity (Wildman–Crippen MR) is 97.8 cm³/mol. The first-order valence-corrected chi connectivity index (χ1v) is 8.75. The molecule has 0 atom stereocenters. The second kappa shape index (κ2) is 7.18. The van der Waals surface area contributed by atoms with Crippen molar-refractivity contribution in [2.24, 2.45) is 0 Å². The maximum atomic E-state index is 12.4. The molecule has 1 aliphatic rings. The number of benzene rings is 2. The van der Waals surface area contributed by atoms with E-state index in [-0.39, 0.29) is 5.91 Å². The SMILES string of the molecule is Cc1cccc(N2CCN(C(=O)Cc3ccc(Br)cc3)CC2)c1. The monoisotopic (exact) mass is 372 g/mol. The van der Waals surface area contributed by atoms with Crippen molar-refractivity contribution in [2.45, 2.75) is 13.3 Å². The van der Waals surface area contributed by atoms with Crippen LogP contribution in [0.25, 0.3) is 0 Å². The fraction of sp³-hybridized carbons (Fsp3) is 0.316. The lowest BCUT2D eigenvalue weighted by molar-refractivity contribution is -0.130. The highest BCUT2D eigenvalue weighted by molar-refractivity contribution is 9.10.